The van der Waals surface area contributed by atoms with Crippen LogP contribution in [0.4, 0.5) is 13.2 Å². The maximum Gasteiger partial charge on any atom is 0.416 e. The summed E-state index contributed by atoms with van der Waals surface area (Å²) in [5.41, 5.74) is -0.359. The van der Waals surface area contributed by atoms with Gasteiger partial charge < -0.3 is 0 Å². The average Bonchev–Trinajstić information content (AvgIpc) is 2.38. The molecule has 0 fully saturated rings. The van der Waals surface area contributed by atoms with E-state index < -0.39 is 17.5 Å². The highest BCUT2D eigenvalue weighted by Crippen LogP contribution is 2.32. The van der Waals surface area contributed by atoms with Gasteiger partial charge >= 0.3 is 6.18 Å². The lowest BCUT2D eigenvalue weighted by molar-refractivity contribution is -0.138. The number of aromatic nitrogens is 1. The minimum Gasteiger partial charge on any atom is -0.289 e. The van der Waals surface area contributed by atoms with Crippen molar-refractivity contribution in [1.29, 1.82) is 0 Å². The largest absolute Gasteiger partial charge is 0.416 e. The molecule has 0 amide bonds. The van der Waals surface area contributed by atoms with Crippen LogP contribution in [0, 0.1) is 6.92 Å². The smallest absolute Gasteiger partial charge is 0.289 e. The summed E-state index contributed by atoms with van der Waals surface area (Å²) < 4.78 is 38.3. The SMILES string of the molecule is Cc1ccc(C(=O)c2ccncc2)cc1C(F)(F)F. The van der Waals surface area contributed by atoms with Gasteiger partial charge in [0.25, 0.3) is 0 Å². The molecule has 0 aliphatic heterocycles. The average molecular weight is 265 g/mol. The van der Waals surface area contributed by atoms with Crippen LogP contribution in [0.25, 0.3) is 0 Å². The third kappa shape index (κ3) is 2.81. The van der Waals surface area contributed by atoms with Crippen LogP contribution < -0.4 is 0 Å². The van der Waals surface area contributed by atoms with Crippen molar-refractivity contribution in [2.75, 3.05) is 0 Å². The fraction of sp³-hybridized carbons (Fsp3) is 0.143. The van der Waals surface area contributed by atoms with E-state index in [1.165, 1.54) is 43.6 Å². The van der Waals surface area contributed by atoms with E-state index in [2.05, 4.69) is 4.98 Å². The third-order valence-electron chi connectivity index (χ3n) is 2.75. The number of benzene rings is 1. The predicted molar refractivity (Wildman–Crippen MR) is 63.9 cm³/mol. The lowest BCUT2D eigenvalue weighted by atomic mass is 9.99. The highest BCUT2D eigenvalue weighted by molar-refractivity contribution is 6.09. The van der Waals surface area contributed by atoms with E-state index in [0.29, 0.717) is 5.56 Å². The summed E-state index contributed by atoms with van der Waals surface area (Å²) >= 11 is 0. The standard InChI is InChI=1S/C14H10F3NO/c1-9-2-3-11(8-12(9)14(15,16)17)13(19)10-4-6-18-7-5-10/h2-8H,1H3. The molecule has 98 valence electrons. The van der Waals surface area contributed by atoms with E-state index in [9.17, 15) is 18.0 Å². The first kappa shape index (κ1) is 13.3. The molecule has 0 saturated carbocycles. The molecule has 5 heteroatoms. The summed E-state index contributed by atoms with van der Waals surface area (Å²) in [5.74, 6) is -0.451. The zero-order valence-corrected chi connectivity index (χ0v) is 10.0. The van der Waals surface area contributed by atoms with Crippen molar-refractivity contribution < 1.29 is 18.0 Å². The first-order valence-electron chi connectivity index (χ1n) is 5.52. The van der Waals surface area contributed by atoms with E-state index in [1.54, 1.807) is 0 Å². The molecule has 2 aromatic rings. The second-order valence-corrected chi connectivity index (χ2v) is 4.09. The molecular formula is C14H10F3NO. The summed E-state index contributed by atoms with van der Waals surface area (Å²) in [6.45, 7) is 1.36. The van der Waals surface area contributed by atoms with Crippen LogP contribution in [0.15, 0.2) is 42.7 Å². The van der Waals surface area contributed by atoms with Crippen molar-refractivity contribution in [3.05, 3.63) is 65.0 Å². The highest BCUT2D eigenvalue weighted by Gasteiger charge is 2.32. The van der Waals surface area contributed by atoms with Crippen LogP contribution in [0.2, 0.25) is 0 Å². The number of rotatable bonds is 2. The first-order valence-corrected chi connectivity index (χ1v) is 5.52. The molecule has 0 aliphatic carbocycles. The molecule has 19 heavy (non-hydrogen) atoms. The Kier molecular flexibility index (Phi) is 3.38. The molecular weight excluding hydrogens is 255 g/mol. The van der Waals surface area contributed by atoms with Gasteiger partial charge in [0, 0.05) is 23.5 Å². The normalized spacial score (nSPS) is 11.4. The van der Waals surface area contributed by atoms with Gasteiger partial charge in [-0.05, 0) is 30.7 Å². The lowest BCUT2D eigenvalue weighted by Crippen LogP contribution is -2.10. The number of nitrogens with zero attached hydrogens (tertiary/aromatic N) is 1. The summed E-state index contributed by atoms with van der Waals surface area (Å²) in [6.07, 6.45) is -1.61. The number of carbonyl (C=O) groups excluding carboxylic acids is 1. The van der Waals surface area contributed by atoms with Crippen LogP contribution in [-0.2, 0) is 6.18 Å². The summed E-state index contributed by atoms with van der Waals surface area (Å²) in [5, 5.41) is 0. The maximum atomic E-state index is 12.8. The molecule has 0 radical (unpaired) electrons. The minimum atomic E-state index is -4.46. The maximum absolute atomic E-state index is 12.8. The van der Waals surface area contributed by atoms with Gasteiger partial charge in [0.2, 0.25) is 0 Å². The molecule has 0 bridgehead atoms. The van der Waals surface area contributed by atoms with E-state index in [4.69, 9.17) is 0 Å². The Balaban J connectivity index is 2.45. The molecule has 1 aromatic heterocycles. The fourth-order valence-electron chi connectivity index (χ4n) is 1.74. The van der Waals surface area contributed by atoms with Gasteiger partial charge in [-0.3, -0.25) is 9.78 Å². The lowest BCUT2D eigenvalue weighted by Gasteiger charge is -2.11. The van der Waals surface area contributed by atoms with E-state index >= 15 is 0 Å². The van der Waals surface area contributed by atoms with Gasteiger partial charge in [-0.25, -0.2) is 0 Å². The Hall–Kier alpha value is -2.17. The van der Waals surface area contributed by atoms with Crippen LogP contribution in [0.1, 0.15) is 27.0 Å². The molecule has 0 saturated heterocycles. The number of aryl methyl sites for hydroxylation is 1. The zero-order valence-electron chi connectivity index (χ0n) is 10.0. The van der Waals surface area contributed by atoms with E-state index in [1.807, 2.05) is 0 Å². The van der Waals surface area contributed by atoms with Crippen molar-refractivity contribution in [3.8, 4) is 0 Å². The summed E-state index contributed by atoms with van der Waals surface area (Å²) in [7, 11) is 0. The molecule has 1 heterocycles. The van der Waals surface area contributed by atoms with E-state index in [0.717, 1.165) is 6.07 Å². The van der Waals surface area contributed by atoms with Crippen molar-refractivity contribution in [1.82, 2.24) is 4.98 Å². The van der Waals surface area contributed by atoms with Crippen LogP contribution in [0.5, 0.6) is 0 Å². The molecule has 0 aliphatic rings. The molecule has 1 aromatic carbocycles. The monoisotopic (exact) mass is 265 g/mol. The molecule has 0 spiro atoms. The minimum absolute atomic E-state index is 0.0177. The number of ketones is 1. The van der Waals surface area contributed by atoms with Gasteiger partial charge in [-0.1, -0.05) is 12.1 Å². The van der Waals surface area contributed by atoms with Gasteiger partial charge in [-0.2, -0.15) is 13.2 Å². The number of halogens is 3. The fourth-order valence-corrected chi connectivity index (χ4v) is 1.74. The van der Waals surface area contributed by atoms with Crippen molar-refractivity contribution in [3.63, 3.8) is 0 Å². The Morgan fingerprint density at radius 3 is 2.26 bits per heavy atom. The second kappa shape index (κ2) is 4.84. The second-order valence-electron chi connectivity index (χ2n) is 4.09. The molecule has 0 unspecified atom stereocenters. The highest BCUT2D eigenvalue weighted by atomic mass is 19.4. The Labute approximate surface area is 107 Å². The Morgan fingerprint density at radius 2 is 1.68 bits per heavy atom. The third-order valence-corrected chi connectivity index (χ3v) is 2.75. The molecule has 0 N–H and O–H groups in total. The van der Waals surface area contributed by atoms with Gasteiger partial charge in [-0.15, -0.1) is 0 Å². The van der Waals surface area contributed by atoms with Crippen LogP contribution in [-0.4, -0.2) is 10.8 Å². The molecule has 2 rings (SSSR count). The summed E-state index contributed by atoms with van der Waals surface area (Å²) in [4.78, 5) is 15.8. The van der Waals surface area contributed by atoms with E-state index in [-0.39, 0.29) is 11.1 Å². The molecule has 0 atom stereocenters. The first-order chi connectivity index (χ1) is 8.89. The number of alkyl halides is 3. The van der Waals surface area contributed by atoms with Gasteiger partial charge in [0.15, 0.2) is 5.78 Å². The Bertz CT molecular complexity index is 606. The molecule has 2 nitrogen and oxygen atoms in total. The van der Waals surface area contributed by atoms with Gasteiger partial charge in [0.1, 0.15) is 0 Å². The number of pyridine rings is 1. The van der Waals surface area contributed by atoms with Crippen molar-refractivity contribution in [2.24, 2.45) is 0 Å². The summed E-state index contributed by atoms with van der Waals surface area (Å²) in [6, 6.07) is 6.52. The Morgan fingerprint density at radius 1 is 1.05 bits per heavy atom. The predicted octanol–water partition coefficient (Wildman–Crippen LogP) is 3.64. The number of carbonyl (C=O) groups is 1. The number of hydrogen-bond acceptors (Lipinski definition) is 2. The van der Waals surface area contributed by atoms with Crippen molar-refractivity contribution in [2.45, 2.75) is 13.1 Å². The van der Waals surface area contributed by atoms with Crippen LogP contribution >= 0.6 is 0 Å². The zero-order chi connectivity index (χ0) is 14.0. The van der Waals surface area contributed by atoms with Crippen molar-refractivity contribution >= 4 is 5.78 Å². The topological polar surface area (TPSA) is 30.0 Å². The number of hydrogen-bond donors (Lipinski definition) is 0. The quantitative estimate of drug-likeness (QED) is 0.776. The van der Waals surface area contributed by atoms with Gasteiger partial charge in [0.05, 0.1) is 5.56 Å². The van der Waals surface area contributed by atoms with Crippen LogP contribution in [0.3, 0.4) is 0 Å².